The van der Waals surface area contributed by atoms with Crippen molar-refractivity contribution in [3.63, 3.8) is 0 Å². The van der Waals surface area contributed by atoms with Gasteiger partial charge in [0.1, 0.15) is 23.6 Å². The van der Waals surface area contributed by atoms with Gasteiger partial charge in [-0.1, -0.05) is 12.6 Å². The first-order valence-electron chi connectivity index (χ1n) is 10.4. The molecule has 4 aromatic heterocycles. The molecule has 10 heteroatoms. The van der Waals surface area contributed by atoms with Crippen LogP contribution >= 0.6 is 0 Å². The molecule has 0 aliphatic carbocycles. The number of amides is 1. The van der Waals surface area contributed by atoms with Crippen LogP contribution in [0.4, 0.5) is 5.69 Å². The van der Waals surface area contributed by atoms with Gasteiger partial charge < -0.3 is 15.0 Å². The molecule has 0 unspecified atom stereocenters. The zero-order valence-corrected chi connectivity index (χ0v) is 18.3. The van der Waals surface area contributed by atoms with Gasteiger partial charge in [0.05, 0.1) is 11.9 Å². The monoisotopic (exact) mass is 452 g/mol. The molecule has 1 amide bonds. The van der Waals surface area contributed by atoms with Crippen molar-refractivity contribution in [1.82, 2.24) is 34.7 Å². The summed E-state index contributed by atoms with van der Waals surface area (Å²) in [7, 11) is 0. The van der Waals surface area contributed by atoms with E-state index in [1.54, 1.807) is 53.6 Å². The Morgan fingerprint density at radius 1 is 1.21 bits per heavy atom. The third-order valence-corrected chi connectivity index (χ3v) is 5.03. The van der Waals surface area contributed by atoms with Crippen molar-refractivity contribution in [2.45, 2.75) is 13.5 Å². The van der Waals surface area contributed by atoms with Crippen molar-refractivity contribution in [3.05, 3.63) is 85.5 Å². The molecule has 0 saturated carbocycles. The fourth-order valence-corrected chi connectivity index (χ4v) is 3.50. The maximum Gasteiger partial charge on any atom is 0.247 e. The predicted octanol–water partition coefficient (Wildman–Crippen LogP) is 3.88. The first kappa shape index (κ1) is 21.0. The second-order valence-corrected chi connectivity index (χ2v) is 7.42. The normalized spacial score (nSPS) is 10.9. The quantitative estimate of drug-likeness (QED) is 0.359. The molecular formula is C24H20N8O2. The minimum absolute atomic E-state index is 0.301. The van der Waals surface area contributed by atoms with Gasteiger partial charge in [-0.2, -0.15) is 5.10 Å². The van der Waals surface area contributed by atoms with Gasteiger partial charge in [0.15, 0.2) is 5.65 Å². The highest BCUT2D eigenvalue weighted by atomic mass is 16.5. The molecule has 4 heterocycles. The van der Waals surface area contributed by atoms with Crippen molar-refractivity contribution >= 4 is 22.8 Å². The summed E-state index contributed by atoms with van der Waals surface area (Å²) in [5.41, 5.74) is 4.50. The summed E-state index contributed by atoms with van der Waals surface area (Å²) < 4.78 is 7.72. The standard InChI is InChI=1S/C24H20N8O2/c1-3-21(33)29-16-6-4-7-17(10-16)34-22-12-28-24-23(30-22)18(11-27-24)19-13-32(31-15(19)2)14-20-25-8-5-9-26-20/h3-13H,1,14H2,2H3,(H,27,28)(H,29,33). The summed E-state index contributed by atoms with van der Waals surface area (Å²) in [5.74, 6) is 1.21. The second kappa shape index (κ2) is 8.94. The Hall–Kier alpha value is -4.86. The van der Waals surface area contributed by atoms with E-state index in [1.807, 2.05) is 19.3 Å². The van der Waals surface area contributed by atoms with E-state index in [2.05, 4.69) is 41.9 Å². The number of carbonyl (C=O) groups excluding carboxylic acids is 1. The van der Waals surface area contributed by atoms with Gasteiger partial charge in [0, 0.05) is 47.7 Å². The predicted molar refractivity (Wildman–Crippen MR) is 126 cm³/mol. The van der Waals surface area contributed by atoms with E-state index >= 15 is 0 Å². The van der Waals surface area contributed by atoms with Crippen LogP contribution in [0.15, 0.2) is 74.0 Å². The lowest BCUT2D eigenvalue weighted by Crippen LogP contribution is -2.07. The molecule has 0 radical (unpaired) electrons. The lowest BCUT2D eigenvalue weighted by atomic mass is 10.1. The number of aryl methyl sites for hydroxylation is 1. The SMILES string of the molecule is C=CC(=O)Nc1cccc(Oc2cnc3[nH]cc(-c4cn(Cc5ncccn5)nc4C)c3n2)c1. The molecule has 0 aliphatic rings. The van der Waals surface area contributed by atoms with Crippen LogP contribution in [0.25, 0.3) is 22.3 Å². The van der Waals surface area contributed by atoms with Gasteiger partial charge in [0.25, 0.3) is 0 Å². The number of anilines is 1. The van der Waals surface area contributed by atoms with Gasteiger partial charge in [-0.15, -0.1) is 0 Å². The summed E-state index contributed by atoms with van der Waals surface area (Å²) >= 11 is 0. The number of aromatic amines is 1. The maximum absolute atomic E-state index is 11.6. The van der Waals surface area contributed by atoms with E-state index in [9.17, 15) is 4.79 Å². The third kappa shape index (κ3) is 4.37. The second-order valence-electron chi connectivity index (χ2n) is 7.42. The first-order chi connectivity index (χ1) is 16.6. The van der Waals surface area contributed by atoms with E-state index in [0.717, 1.165) is 16.8 Å². The number of benzene rings is 1. The van der Waals surface area contributed by atoms with Crippen LogP contribution in [0.5, 0.6) is 11.6 Å². The van der Waals surface area contributed by atoms with Crippen LogP contribution in [-0.2, 0) is 11.3 Å². The molecule has 0 fully saturated rings. The van der Waals surface area contributed by atoms with Crippen LogP contribution in [-0.4, -0.2) is 40.6 Å². The third-order valence-electron chi connectivity index (χ3n) is 5.03. The van der Waals surface area contributed by atoms with Crippen molar-refractivity contribution in [3.8, 4) is 22.8 Å². The lowest BCUT2D eigenvalue weighted by Gasteiger charge is -2.07. The van der Waals surface area contributed by atoms with E-state index in [-0.39, 0.29) is 5.91 Å². The summed E-state index contributed by atoms with van der Waals surface area (Å²) in [5, 5.41) is 7.30. The highest BCUT2D eigenvalue weighted by molar-refractivity contribution is 5.99. The van der Waals surface area contributed by atoms with E-state index in [4.69, 9.17) is 4.74 Å². The Labute approximate surface area is 194 Å². The molecule has 0 atom stereocenters. The lowest BCUT2D eigenvalue weighted by molar-refractivity contribution is -0.111. The minimum atomic E-state index is -0.301. The molecule has 10 nitrogen and oxygen atoms in total. The zero-order chi connectivity index (χ0) is 23.5. The van der Waals surface area contributed by atoms with Gasteiger partial charge in [-0.25, -0.2) is 19.9 Å². The molecule has 34 heavy (non-hydrogen) atoms. The Kier molecular flexibility index (Phi) is 5.53. The minimum Gasteiger partial charge on any atom is -0.437 e. The van der Waals surface area contributed by atoms with Crippen LogP contribution in [0, 0.1) is 6.92 Å². The van der Waals surface area contributed by atoms with Crippen molar-refractivity contribution < 1.29 is 9.53 Å². The molecular weight excluding hydrogens is 432 g/mol. The molecule has 0 bridgehead atoms. The topological polar surface area (TPSA) is 124 Å². The molecule has 0 aliphatic heterocycles. The fourth-order valence-electron chi connectivity index (χ4n) is 3.50. The zero-order valence-electron chi connectivity index (χ0n) is 18.3. The number of nitrogens with zero attached hydrogens (tertiary/aromatic N) is 6. The average molecular weight is 452 g/mol. The molecule has 1 aromatic carbocycles. The summed E-state index contributed by atoms with van der Waals surface area (Å²) in [6, 6.07) is 8.78. The van der Waals surface area contributed by atoms with E-state index in [0.29, 0.717) is 40.8 Å². The van der Waals surface area contributed by atoms with Gasteiger partial charge in [-0.3, -0.25) is 9.48 Å². The molecule has 0 spiro atoms. The number of carbonyl (C=O) groups is 1. The van der Waals surface area contributed by atoms with Crippen LogP contribution in [0.1, 0.15) is 11.5 Å². The van der Waals surface area contributed by atoms with Gasteiger partial charge >= 0.3 is 0 Å². The summed E-state index contributed by atoms with van der Waals surface area (Å²) in [4.78, 5) is 32.3. The number of fused-ring (bicyclic) bond motifs is 1. The molecule has 0 saturated heterocycles. The van der Waals surface area contributed by atoms with Crippen LogP contribution < -0.4 is 10.1 Å². The highest BCUT2D eigenvalue weighted by Crippen LogP contribution is 2.31. The van der Waals surface area contributed by atoms with Gasteiger partial charge in [-0.05, 0) is 31.2 Å². The number of H-pyrrole nitrogens is 1. The fraction of sp³-hybridized carbons (Fsp3) is 0.0833. The number of aromatic nitrogens is 7. The maximum atomic E-state index is 11.6. The Bertz CT molecular complexity index is 1490. The molecule has 5 aromatic rings. The number of rotatable bonds is 7. The number of ether oxygens (including phenoxy) is 1. The molecule has 2 N–H and O–H groups in total. The Morgan fingerprint density at radius 2 is 2.06 bits per heavy atom. The number of nitrogens with one attached hydrogen (secondary N) is 2. The average Bonchev–Trinajstić information content (AvgIpc) is 3.42. The Morgan fingerprint density at radius 3 is 2.88 bits per heavy atom. The Balaban J connectivity index is 1.43. The largest absolute Gasteiger partial charge is 0.437 e. The summed E-state index contributed by atoms with van der Waals surface area (Å²) in [6.07, 6.45) is 9.96. The van der Waals surface area contributed by atoms with Crippen LogP contribution in [0.3, 0.4) is 0 Å². The first-order valence-corrected chi connectivity index (χ1v) is 10.4. The van der Waals surface area contributed by atoms with Crippen molar-refractivity contribution in [2.75, 3.05) is 5.32 Å². The highest BCUT2D eigenvalue weighted by Gasteiger charge is 2.16. The number of hydrogen-bond acceptors (Lipinski definition) is 7. The van der Waals surface area contributed by atoms with Crippen molar-refractivity contribution in [2.24, 2.45) is 0 Å². The van der Waals surface area contributed by atoms with Crippen molar-refractivity contribution in [1.29, 1.82) is 0 Å². The van der Waals surface area contributed by atoms with E-state index in [1.165, 1.54) is 6.08 Å². The smallest absolute Gasteiger partial charge is 0.247 e. The van der Waals surface area contributed by atoms with Gasteiger partial charge in [0.2, 0.25) is 11.8 Å². The molecule has 168 valence electrons. The number of hydrogen-bond donors (Lipinski definition) is 2. The van der Waals surface area contributed by atoms with Crippen LogP contribution in [0.2, 0.25) is 0 Å². The summed E-state index contributed by atoms with van der Waals surface area (Å²) in [6.45, 7) is 5.85. The molecule has 5 rings (SSSR count). The van der Waals surface area contributed by atoms with E-state index < -0.39 is 0 Å².